The van der Waals surface area contributed by atoms with Crippen molar-refractivity contribution in [2.45, 2.75) is 13.0 Å². The van der Waals surface area contributed by atoms with E-state index in [1.165, 1.54) is 23.1 Å². The van der Waals surface area contributed by atoms with Crippen molar-refractivity contribution < 1.29 is 14.7 Å². The van der Waals surface area contributed by atoms with Crippen molar-refractivity contribution in [1.29, 1.82) is 0 Å². The van der Waals surface area contributed by atoms with E-state index in [-0.39, 0.29) is 17.2 Å². The molecule has 1 unspecified atom stereocenters. The zero-order valence-electron chi connectivity index (χ0n) is 10.4. The summed E-state index contributed by atoms with van der Waals surface area (Å²) in [5.41, 5.74) is 0.0425. The van der Waals surface area contributed by atoms with Crippen molar-refractivity contribution in [2.24, 2.45) is 0 Å². The molecule has 0 saturated heterocycles. The maximum Gasteiger partial charge on any atom is 0.255 e. The van der Waals surface area contributed by atoms with Gasteiger partial charge < -0.3 is 15.3 Å². The summed E-state index contributed by atoms with van der Waals surface area (Å²) in [6, 6.07) is 3.47. The summed E-state index contributed by atoms with van der Waals surface area (Å²) in [5.74, 6) is -0.955. The number of nitrogens with zero attached hydrogens (tertiary/aromatic N) is 1. The van der Waals surface area contributed by atoms with Gasteiger partial charge in [0.25, 0.3) is 5.91 Å². The molecule has 5 nitrogen and oxygen atoms in total. The van der Waals surface area contributed by atoms with E-state index in [0.29, 0.717) is 5.02 Å². The number of phenolic OH excluding ortho intramolecular Hbond substituents is 1. The summed E-state index contributed by atoms with van der Waals surface area (Å²) in [5, 5.41) is 12.4. The van der Waals surface area contributed by atoms with Crippen molar-refractivity contribution in [1.82, 2.24) is 10.2 Å². The number of likely N-dealkylation sites (N-methyl/N-ethyl adjacent to an activating group) is 1. The predicted octanol–water partition coefficient (Wildman–Crippen LogP) is 1.25. The Morgan fingerprint density at radius 2 is 2.00 bits per heavy atom. The molecule has 0 saturated carbocycles. The predicted molar refractivity (Wildman–Crippen MR) is 68.7 cm³/mol. The van der Waals surface area contributed by atoms with E-state index in [4.69, 9.17) is 11.6 Å². The summed E-state index contributed by atoms with van der Waals surface area (Å²) in [6.07, 6.45) is 0. The Hall–Kier alpha value is -1.75. The molecule has 18 heavy (non-hydrogen) atoms. The molecule has 0 aliphatic rings. The Kier molecular flexibility index (Phi) is 4.55. The van der Waals surface area contributed by atoms with Gasteiger partial charge in [-0.2, -0.15) is 0 Å². The molecule has 1 aromatic rings. The first-order valence-corrected chi connectivity index (χ1v) is 5.71. The third-order valence-corrected chi connectivity index (χ3v) is 2.60. The molecule has 0 aromatic heterocycles. The quantitative estimate of drug-likeness (QED) is 0.869. The van der Waals surface area contributed by atoms with Gasteiger partial charge >= 0.3 is 0 Å². The van der Waals surface area contributed by atoms with Gasteiger partial charge in [-0.15, -0.1) is 0 Å². The number of aromatic hydroxyl groups is 1. The highest BCUT2D eigenvalue weighted by atomic mass is 35.5. The molecule has 2 N–H and O–H groups in total. The molecular formula is C12H15ClN2O3. The van der Waals surface area contributed by atoms with Gasteiger partial charge in [0.1, 0.15) is 11.8 Å². The summed E-state index contributed by atoms with van der Waals surface area (Å²) >= 11 is 5.74. The van der Waals surface area contributed by atoms with Crippen molar-refractivity contribution in [3.8, 4) is 5.75 Å². The third kappa shape index (κ3) is 3.37. The minimum Gasteiger partial charge on any atom is -0.507 e. The van der Waals surface area contributed by atoms with Crippen LogP contribution in [0.15, 0.2) is 18.2 Å². The molecule has 98 valence electrons. The van der Waals surface area contributed by atoms with Crippen LogP contribution in [0.1, 0.15) is 17.3 Å². The van der Waals surface area contributed by atoms with Gasteiger partial charge in [-0.05, 0) is 25.1 Å². The van der Waals surface area contributed by atoms with Crippen molar-refractivity contribution in [3.63, 3.8) is 0 Å². The van der Waals surface area contributed by atoms with Gasteiger partial charge in [0.15, 0.2) is 0 Å². The molecule has 0 fully saturated rings. The number of hydrogen-bond donors (Lipinski definition) is 2. The van der Waals surface area contributed by atoms with Gasteiger partial charge in [-0.1, -0.05) is 11.6 Å². The van der Waals surface area contributed by atoms with Gasteiger partial charge in [0.2, 0.25) is 5.91 Å². The van der Waals surface area contributed by atoms with Gasteiger partial charge in [0.05, 0.1) is 5.56 Å². The molecule has 6 heteroatoms. The number of halogens is 1. The van der Waals surface area contributed by atoms with Crippen LogP contribution in [0.25, 0.3) is 0 Å². The Bertz CT molecular complexity index is 474. The fourth-order valence-corrected chi connectivity index (χ4v) is 1.59. The minimum atomic E-state index is -0.675. The van der Waals surface area contributed by atoms with Crippen LogP contribution in [0.2, 0.25) is 5.02 Å². The zero-order valence-corrected chi connectivity index (χ0v) is 11.2. The fraction of sp³-hybridized carbons (Fsp3) is 0.333. The van der Waals surface area contributed by atoms with Gasteiger partial charge in [-0.3, -0.25) is 9.59 Å². The van der Waals surface area contributed by atoms with Crippen molar-refractivity contribution in [3.05, 3.63) is 28.8 Å². The van der Waals surface area contributed by atoms with E-state index >= 15 is 0 Å². The molecular weight excluding hydrogens is 256 g/mol. The van der Waals surface area contributed by atoms with Crippen LogP contribution in [0.4, 0.5) is 0 Å². The number of amides is 2. The summed E-state index contributed by atoms with van der Waals surface area (Å²) in [6.45, 7) is 1.57. The monoisotopic (exact) mass is 270 g/mol. The van der Waals surface area contributed by atoms with E-state index in [1.807, 2.05) is 0 Å². The molecule has 0 spiro atoms. The van der Waals surface area contributed by atoms with Crippen LogP contribution >= 0.6 is 11.6 Å². The Labute approximate surface area is 110 Å². The number of nitrogens with one attached hydrogen (secondary N) is 1. The van der Waals surface area contributed by atoms with Crippen LogP contribution in [0.5, 0.6) is 5.75 Å². The van der Waals surface area contributed by atoms with E-state index in [0.717, 1.165) is 0 Å². The molecule has 0 bridgehead atoms. The number of phenols is 1. The van der Waals surface area contributed by atoms with Crippen molar-refractivity contribution >= 4 is 23.4 Å². The van der Waals surface area contributed by atoms with Crippen LogP contribution in [-0.4, -0.2) is 42.0 Å². The lowest BCUT2D eigenvalue weighted by Crippen LogP contribution is -2.44. The number of carbonyl (C=O) groups is 2. The second kappa shape index (κ2) is 5.73. The third-order valence-electron chi connectivity index (χ3n) is 2.36. The van der Waals surface area contributed by atoms with Crippen LogP contribution < -0.4 is 5.32 Å². The lowest BCUT2D eigenvalue weighted by atomic mass is 10.1. The SMILES string of the molecule is CC(NC(=O)c1cc(Cl)ccc1O)C(=O)N(C)C. The molecule has 0 heterocycles. The normalized spacial score (nSPS) is 11.8. The maximum atomic E-state index is 11.9. The zero-order chi connectivity index (χ0) is 13.9. The average Bonchev–Trinajstić information content (AvgIpc) is 2.30. The van der Waals surface area contributed by atoms with E-state index in [9.17, 15) is 14.7 Å². The number of benzene rings is 1. The molecule has 0 radical (unpaired) electrons. The summed E-state index contributed by atoms with van der Waals surface area (Å²) in [7, 11) is 3.20. The average molecular weight is 271 g/mol. The lowest BCUT2D eigenvalue weighted by molar-refractivity contribution is -0.130. The standard InChI is InChI=1S/C12H15ClN2O3/c1-7(12(18)15(2)3)14-11(17)9-6-8(13)4-5-10(9)16/h4-7,16H,1-3H3,(H,14,17). The first-order valence-electron chi connectivity index (χ1n) is 5.33. The van der Waals surface area contributed by atoms with E-state index < -0.39 is 11.9 Å². The molecule has 1 rings (SSSR count). The van der Waals surface area contributed by atoms with E-state index in [2.05, 4.69) is 5.32 Å². The van der Waals surface area contributed by atoms with E-state index in [1.54, 1.807) is 21.0 Å². The topological polar surface area (TPSA) is 69.6 Å². The number of carbonyl (C=O) groups excluding carboxylic acids is 2. The Balaban J connectivity index is 2.83. The minimum absolute atomic E-state index is 0.0425. The Morgan fingerprint density at radius 1 is 1.39 bits per heavy atom. The van der Waals surface area contributed by atoms with Crippen LogP contribution in [-0.2, 0) is 4.79 Å². The highest BCUT2D eigenvalue weighted by molar-refractivity contribution is 6.31. The second-order valence-electron chi connectivity index (χ2n) is 4.09. The first kappa shape index (κ1) is 14.3. The largest absolute Gasteiger partial charge is 0.507 e. The first-order chi connectivity index (χ1) is 8.32. The molecule has 0 aliphatic heterocycles. The second-order valence-corrected chi connectivity index (χ2v) is 4.53. The maximum absolute atomic E-state index is 11.9. The molecule has 1 atom stereocenters. The summed E-state index contributed by atoms with van der Waals surface area (Å²) in [4.78, 5) is 24.8. The van der Waals surface area contributed by atoms with Gasteiger partial charge in [0, 0.05) is 19.1 Å². The number of rotatable bonds is 3. The highest BCUT2D eigenvalue weighted by Gasteiger charge is 2.19. The van der Waals surface area contributed by atoms with Crippen molar-refractivity contribution in [2.75, 3.05) is 14.1 Å². The van der Waals surface area contributed by atoms with Crippen LogP contribution in [0, 0.1) is 0 Å². The smallest absolute Gasteiger partial charge is 0.255 e. The molecule has 0 aliphatic carbocycles. The summed E-state index contributed by atoms with van der Waals surface area (Å²) < 4.78 is 0. The highest BCUT2D eigenvalue weighted by Crippen LogP contribution is 2.21. The molecule has 1 aromatic carbocycles. The molecule has 2 amide bonds. The van der Waals surface area contributed by atoms with Crippen LogP contribution in [0.3, 0.4) is 0 Å². The van der Waals surface area contributed by atoms with Gasteiger partial charge in [-0.25, -0.2) is 0 Å². The Morgan fingerprint density at radius 3 is 2.56 bits per heavy atom. The fourth-order valence-electron chi connectivity index (χ4n) is 1.41. The lowest BCUT2D eigenvalue weighted by Gasteiger charge is -2.18. The number of hydrogen-bond acceptors (Lipinski definition) is 3.